The fourth-order valence-corrected chi connectivity index (χ4v) is 7.66. The lowest BCUT2D eigenvalue weighted by atomic mass is 9.43. The Kier molecular flexibility index (Phi) is 3.96. The summed E-state index contributed by atoms with van der Waals surface area (Å²) < 4.78 is 12.6. The molecule has 3 aliphatic carbocycles. The summed E-state index contributed by atoms with van der Waals surface area (Å²) in [5.41, 5.74) is 3.87. The van der Waals surface area contributed by atoms with Crippen molar-refractivity contribution in [2.45, 2.75) is 78.4 Å². The number of hydrogen-bond acceptors (Lipinski definition) is 3. The Morgan fingerprint density at radius 2 is 1.67 bits per heavy atom. The average Bonchev–Trinajstić information content (AvgIpc) is 3.31. The molecule has 0 radical (unpaired) electrons. The first-order valence-electron chi connectivity index (χ1n) is 11.3. The molecule has 5 rings (SSSR count). The molecule has 0 aromatic carbocycles. The Morgan fingerprint density at radius 3 is 2.37 bits per heavy atom. The van der Waals surface area contributed by atoms with Crippen molar-refractivity contribution in [3.8, 4) is 0 Å². The zero-order valence-corrected chi connectivity index (χ0v) is 17.8. The zero-order valence-electron chi connectivity index (χ0n) is 17.8. The Hall–Kier alpha value is -0.800. The van der Waals surface area contributed by atoms with Gasteiger partial charge in [0.25, 0.3) is 0 Å². The first kappa shape index (κ1) is 18.2. The largest absolute Gasteiger partial charge is 0.375 e. The number of fused-ring (bicyclic) bond motifs is 3. The molecule has 0 amide bonds. The number of hydrogen-bond donors (Lipinski definition) is 0. The Bertz CT molecular complexity index is 680. The lowest BCUT2D eigenvalue weighted by molar-refractivity contribution is -0.284. The number of ether oxygens (including phenoxy) is 2. The molecule has 4 fully saturated rings. The fourth-order valence-electron chi connectivity index (χ4n) is 7.66. The van der Waals surface area contributed by atoms with Crippen molar-refractivity contribution < 1.29 is 9.47 Å². The summed E-state index contributed by atoms with van der Waals surface area (Å²) in [4.78, 5) is 2.65. The van der Waals surface area contributed by atoms with Gasteiger partial charge in [-0.2, -0.15) is 0 Å². The van der Waals surface area contributed by atoms with Crippen LogP contribution in [0.5, 0.6) is 0 Å². The van der Waals surface area contributed by atoms with Crippen LogP contribution in [-0.4, -0.2) is 37.0 Å². The second-order valence-corrected chi connectivity index (χ2v) is 10.7. The van der Waals surface area contributed by atoms with Crippen LogP contribution in [0.4, 0.5) is 0 Å². The zero-order chi connectivity index (χ0) is 18.9. The summed E-state index contributed by atoms with van der Waals surface area (Å²) in [7, 11) is 0. The van der Waals surface area contributed by atoms with Gasteiger partial charge in [-0.1, -0.05) is 45.4 Å². The summed E-state index contributed by atoms with van der Waals surface area (Å²) >= 11 is 0. The van der Waals surface area contributed by atoms with Crippen molar-refractivity contribution in [1.29, 1.82) is 0 Å². The van der Waals surface area contributed by atoms with E-state index in [1.54, 1.807) is 11.3 Å². The van der Waals surface area contributed by atoms with E-state index in [9.17, 15) is 0 Å². The molecule has 27 heavy (non-hydrogen) atoms. The van der Waals surface area contributed by atoms with E-state index in [1.807, 2.05) is 0 Å². The quantitative estimate of drug-likeness (QED) is 0.585. The maximum Gasteiger partial charge on any atom is 0.173 e. The molecule has 0 aromatic rings. The molecule has 2 heterocycles. The van der Waals surface area contributed by atoms with Gasteiger partial charge in [0.15, 0.2) is 5.79 Å². The molecule has 2 saturated carbocycles. The van der Waals surface area contributed by atoms with Crippen LogP contribution in [0.1, 0.15) is 72.6 Å². The highest BCUT2D eigenvalue weighted by atomic mass is 16.7. The molecule has 0 aromatic heterocycles. The van der Waals surface area contributed by atoms with E-state index in [-0.39, 0.29) is 22.0 Å². The summed E-state index contributed by atoms with van der Waals surface area (Å²) in [5.74, 6) is 0.273. The van der Waals surface area contributed by atoms with E-state index in [0.717, 1.165) is 26.1 Å². The first-order chi connectivity index (χ1) is 12.8. The number of allylic oxidation sites excluding steroid dienone is 3. The summed E-state index contributed by atoms with van der Waals surface area (Å²) in [5, 5.41) is 0. The highest BCUT2D eigenvalue weighted by molar-refractivity contribution is 5.38. The molecule has 3 heteroatoms. The van der Waals surface area contributed by atoms with Crippen molar-refractivity contribution in [2.24, 2.45) is 22.2 Å². The number of rotatable bonds is 1. The SMILES string of the molecule is CC1(C)[C@@H]2CC[C@@]3(C)C=C(N4CCCC4)CC=C3[C@@]2(C)CCC12OCCO2. The highest BCUT2D eigenvalue weighted by Crippen LogP contribution is 2.68. The smallest absolute Gasteiger partial charge is 0.173 e. The minimum Gasteiger partial charge on any atom is -0.375 e. The Labute approximate surface area is 165 Å². The van der Waals surface area contributed by atoms with Crippen LogP contribution in [0.25, 0.3) is 0 Å². The predicted octanol–water partition coefficient (Wildman–Crippen LogP) is 5.28. The molecule has 5 aliphatic rings. The highest BCUT2D eigenvalue weighted by Gasteiger charge is 2.65. The van der Waals surface area contributed by atoms with Gasteiger partial charge in [0, 0.05) is 42.5 Å². The van der Waals surface area contributed by atoms with E-state index in [0.29, 0.717) is 5.92 Å². The third kappa shape index (κ3) is 2.40. The molecule has 1 spiro atoms. The molecule has 2 aliphatic heterocycles. The topological polar surface area (TPSA) is 21.7 Å². The minimum absolute atomic E-state index is 0.0532. The van der Waals surface area contributed by atoms with E-state index < -0.39 is 0 Å². The van der Waals surface area contributed by atoms with E-state index in [1.165, 1.54) is 45.2 Å². The lowest BCUT2D eigenvalue weighted by Gasteiger charge is -2.64. The minimum atomic E-state index is -0.351. The maximum atomic E-state index is 6.28. The fraction of sp³-hybridized carbons (Fsp3) is 0.833. The maximum absolute atomic E-state index is 6.28. The van der Waals surface area contributed by atoms with Crippen LogP contribution in [0.3, 0.4) is 0 Å². The normalized spacial score (nSPS) is 42.5. The van der Waals surface area contributed by atoms with E-state index in [4.69, 9.17) is 9.47 Å². The molecule has 0 unspecified atom stereocenters. The molecule has 150 valence electrons. The third-order valence-corrected chi connectivity index (χ3v) is 9.04. The van der Waals surface area contributed by atoms with Crippen molar-refractivity contribution in [3.05, 3.63) is 23.4 Å². The molecular formula is C24H37NO2. The summed E-state index contributed by atoms with van der Waals surface area (Å²) in [6.07, 6.45) is 13.9. The summed E-state index contributed by atoms with van der Waals surface area (Å²) in [6.45, 7) is 13.9. The molecule has 0 bridgehead atoms. The second kappa shape index (κ2) is 5.86. The van der Waals surface area contributed by atoms with E-state index in [2.05, 4.69) is 44.7 Å². The Balaban J connectivity index is 1.48. The van der Waals surface area contributed by atoms with Gasteiger partial charge in [-0.05, 0) is 43.4 Å². The standard InChI is InChI=1S/C24H37NO2/c1-21(2)19-9-10-22(3)17-18(25-13-5-6-14-25)7-8-20(22)23(19,4)11-12-24(21)26-15-16-27-24/h8,17,19H,5-7,9-16H2,1-4H3/t19-,22-,23-/m0/s1. The van der Waals surface area contributed by atoms with Crippen molar-refractivity contribution in [1.82, 2.24) is 4.90 Å². The summed E-state index contributed by atoms with van der Waals surface area (Å²) in [6, 6.07) is 0. The van der Waals surface area contributed by atoms with Crippen LogP contribution in [0.15, 0.2) is 23.4 Å². The van der Waals surface area contributed by atoms with Gasteiger partial charge in [-0.3, -0.25) is 0 Å². The van der Waals surface area contributed by atoms with Gasteiger partial charge in [0.1, 0.15) is 0 Å². The molecule has 2 saturated heterocycles. The van der Waals surface area contributed by atoms with E-state index >= 15 is 0 Å². The van der Waals surface area contributed by atoms with Gasteiger partial charge in [0.2, 0.25) is 0 Å². The average molecular weight is 372 g/mol. The van der Waals surface area contributed by atoms with Gasteiger partial charge in [-0.25, -0.2) is 0 Å². The van der Waals surface area contributed by atoms with Crippen LogP contribution in [0, 0.1) is 22.2 Å². The number of nitrogens with zero attached hydrogens (tertiary/aromatic N) is 1. The molecular weight excluding hydrogens is 334 g/mol. The predicted molar refractivity (Wildman–Crippen MR) is 108 cm³/mol. The third-order valence-electron chi connectivity index (χ3n) is 9.04. The van der Waals surface area contributed by atoms with Crippen LogP contribution < -0.4 is 0 Å². The molecule has 3 atom stereocenters. The van der Waals surface area contributed by atoms with Crippen LogP contribution in [-0.2, 0) is 9.47 Å². The molecule has 3 nitrogen and oxygen atoms in total. The van der Waals surface area contributed by atoms with Crippen molar-refractivity contribution >= 4 is 0 Å². The van der Waals surface area contributed by atoms with Gasteiger partial charge < -0.3 is 14.4 Å². The lowest BCUT2D eigenvalue weighted by Crippen LogP contribution is -2.61. The second-order valence-electron chi connectivity index (χ2n) is 10.7. The van der Waals surface area contributed by atoms with Crippen LogP contribution in [0.2, 0.25) is 0 Å². The van der Waals surface area contributed by atoms with Gasteiger partial charge >= 0.3 is 0 Å². The van der Waals surface area contributed by atoms with Gasteiger partial charge in [0.05, 0.1) is 13.2 Å². The van der Waals surface area contributed by atoms with Crippen molar-refractivity contribution in [2.75, 3.05) is 26.3 Å². The van der Waals surface area contributed by atoms with Gasteiger partial charge in [-0.15, -0.1) is 0 Å². The Morgan fingerprint density at radius 1 is 0.963 bits per heavy atom. The monoisotopic (exact) mass is 371 g/mol. The van der Waals surface area contributed by atoms with Crippen molar-refractivity contribution in [3.63, 3.8) is 0 Å². The van der Waals surface area contributed by atoms with Crippen LogP contribution >= 0.6 is 0 Å². The molecule has 0 N–H and O–H groups in total. The first-order valence-corrected chi connectivity index (χ1v) is 11.3. The number of likely N-dealkylation sites (tertiary alicyclic amines) is 1.